The van der Waals surface area contributed by atoms with Gasteiger partial charge in [-0.15, -0.1) is 0 Å². The molecule has 0 aromatic heterocycles. The first-order valence-corrected chi connectivity index (χ1v) is 10.6. The molecule has 0 bridgehead atoms. The molecular formula is C25H32N2O5. The fraction of sp³-hybridized carbons (Fsp3) is 0.400. The van der Waals surface area contributed by atoms with Crippen molar-refractivity contribution < 1.29 is 23.9 Å². The average Bonchev–Trinajstić information content (AvgIpc) is 2.71. The molecule has 7 nitrogen and oxygen atoms in total. The van der Waals surface area contributed by atoms with Crippen molar-refractivity contribution in [2.45, 2.75) is 59.3 Å². The van der Waals surface area contributed by atoms with Crippen LogP contribution in [0.5, 0.6) is 0 Å². The van der Waals surface area contributed by atoms with Gasteiger partial charge in [0.15, 0.2) is 0 Å². The van der Waals surface area contributed by atoms with Crippen molar-refractivity contribution in [1.82, 2.24) is 10.6 Å². The molecule has 32 heavy (non-hydrogen) atoms. The van der Waals surface area contributed by atoms with Crippen LogP contribution in [0.1, 0.15) is 49.4 Å². The van der Waals surface area contributed by atoms with Crippen LogP contribution in [0.3, 0.4) is 0 Å². The van der Waals surface area contributed by atoms with Gasteiger partial charge in [-0.1, -0.05) is 54.1 Å². The van der Waals surface area contributed by atoms with Crippen LogP contribution in [0.4, 0.5) is 4.79 Å². The van der Waals surface area contributed by atoms with E-state index in [0.29, 0.717) is 6.54 Å². The van der Waals surface area contributed by atoms with Gasteiger partial charge in [-0.25, -0.2) is 4.79 Å². The molecule has 0 radical (unpaired) electrons. The molecule has 2 amide bonds. The van der Waals surface area contributed by atoms with Crippen molar-refractivity contribution in [3.8, 4) is 0 Å². The van der Waals surface area contributed by atoms with Crippen LogP contribution in [0, 0.1) is 6.92 Å². The second-order valence-corrected chi connectivity index (χ2v) is 8.59. The summed E-state index contributed by atoms with van der Waals surface area (Å²) in [4.78, 5) is 35.5. The molecule has 2 aromatic rings. The Morgan fingerprint density at radius 2 is 1.44 bits per heavy atom. The molecule has 2 rings (SSSR count). The van der Waals surface area contributed by atoms with Gasteiger partial charge < -0.3 is 20.1 Å². The maximum absolute atomic E-state index is 12.2. The highest BCUT2D eigenvalue weighted by Crippen LogP contribution is 2.09. The fourth-order valence-corrected chi connectivity index (χ4v) is 2.72. The molecule has 172 valence electrons. The van der Waals surface area contributed by atoms with Crippen molar-refractivity contribution in [3.63, 3.8) is 0 Å². The summed E-state index contributed by atoms with van der Waals surface area (Å²) < 4.78 is 10.3. The summed E-state index contributed by atoms with van der Waals surface area (Å²) in [6, 6.07) is 15.4. The SMILES string of the molecule is Cc1ccc(CNC(=O)Cc2ccc(COC(=O)CCNC(=O)OC(C)(C)C)cc2)cc1. The summed E-state index contributed by atoms with van der Waals surface area (Å²) in [5.41, 5.74) is 3.36. The van der Waals surface area contributed by atoms with Crippen LogP contribution in [-0.4, -0.2) is 30.1 Å². The Morgan fingerprint density at radius 1 is 0.844 bits per heavy atom. The van der Waals surface area contributed by atoms with E-state index in [2.05, 4.69) is 10.6 Å². The number of ether oxygens (including phenoxy) is 2. The molecule has 0 saturated heterocycles. The van der Waals surface area contributed by atoms with Crippen LogP contribution >= 0.6 is 0 Å². The van der Waals surface area contributed by atoms with Crippen LogP contribution in [0.15, 0.2) is 48.5 Å². The van der Waals surface area contributed by atoms with Crippen LogP contribution in [0.25, 0.3) is 0 Å². The minimum atomic E-state index is -0.585. The maximum atomic E-state index is 12.2. The van der Waals surface area contributed by atoms with E-state index in [0.717, 1.165) is 16.7 Å². The number of nitrogens with one attached hydrogen (secondary N) is 2. The molecule has 0 atom stereocenters. The summed E-state index contributed by atoms with van der Waals surface area (Å²) in [5.74, 6) is -0.470. The quantitative estimate of drug-likeness (QED) is 0.579. The Bertz CT molecular complexity index is 899. The number of amides is 2. The molecule has 0 unspecified atom stereocenters. The van der Waals surface area contributed by atoms with Gasteiger partial charge in [0.2, 0.25) is 5.91 Å². The normalized spacial score (nSPS) is 10.9. The lowest BCUT2D eigenvalue weighted by atomic mass is 10.1. The van der Waals surface area contributed by atoms with E-state index < -0.39 is 17.7 Å². The Kier molecular flexibility index (Phi) is 9.25. The monoisotopic (exact) mass is 440 g/mol. The first-order valence-electron chi connectivity index (χ1n) is 10.6. The highest BCUT2D eigenvalue weighted by molar-refractivity contribution is 5.78. The summed E-state index contributed by atoms with van der Waals surface area (Å²) in [7, 11) is 0. The molecule has 0 aliphatic rings. The number of rotatable bonds is 9. The largest absolute Gasteiger partial charge is 0.461 e. The molecule has 0 heterocycles. The Balaban J connectivity index is 1.66. The Hall–Kier alpha value is -3.35. The number of esters is 1. The Labute approximate surface area is 189 Å². The van der Waals surface area contributed by atoms with E-state index in [1.807, 2.05) is 55.5 Å². The third-order valence-corrected chi connectivity index (χ3v) is 4.40. The first kappa shape index (κ1) is 24.9. The van der Waals surface area contributed by atoms with Crippen molar-refractivity contribution in [2.75, 3.05) is 6.54 Å². The molecule has 0 aliphatic heterocycles. The topological polar surface area (TPSA) is 93.7 Å². The van der Waals surface area contributed by atoms with Gasteiger partial charge in [0, 0.05) is 13.1 Å². The molecule has 0 saturated carbocycles. The van der Waals surface area contributed by atoms with Crippen LogP contribution in [-0.2, 0) is 38.6 Å². The Morgan fingerprint density at radius 3 is 2.06 bits per heavy atom. The van der Waals surface area contributed by atoms with Gasteiger partial charge in [0.1, 0.15) is 12.2 Å². The van der Waals surface area contributed by atoms with E-state index in [1.165, 1.54) is 5.56 Å². The predicted octanol–water partition coefficient (Wildman–Crippen LogP) is 3.81. The molecular weight excluding hydrogens is 408 g/mol. The van der Waals surface area contributed by atoms with Gasteiger partial charge in [-0.3, -0.25) is 9.59 Å². The highest BCUT2D eigenvalue weighted by Gasteiger charge is 2.16. The van der Waals surface area contributed by atoms with Crippen molar-refractivity contribution in [3.05, 3.63) is 70.8 Å². The van der Waals surface area contributed by atoms with Gasteiger partial charge in [-0.2, -0.15) is 0 Å². The zero-order valence-electron chi connectivity index (χ0n) is 19.2. The number of benzene rings is 2. The van der Waals surface area contributed by atoms with Gasteiger partial charge in [-0.05, 0) is 44.4 Å². The van der Waals surface area contributed by atoms with Crippen molar-refractivity contribution >= 4 is 18.0 Å². The smallest absolute Gasteiger partial charge is 0.407 e. The predicted molar refractivity (Wildman–Crippen MR) is 122 cm³/mol. The number of aryl methyl sites for hydroxylation is 1. The lowest BCUT2D eigenvalue weighted by Gasteiger charge is -2.19. The van der Waals surface area contributed by atoms with Crippen LogP contribution < -0.4 is 10.6 Å². The van der Waals surface area contributed by atoms with Crippen LogP contribution in [0.2, 0.25) is 0 Å². The summed E-state index contributed by atoms with van der Waals surface area (Å²) >= 11 is 0. The summed E-state index contributed by atoms with van der Waals surface area (Å²) in [6.07, 6.45) is -0.232. The van der Waals surface area contributed by atoms with Crippen molar-refractivity contribution in [2.24, 2.45) is 0 Å². The minimum Gasteiger partial charge on any atom is -0.461 e. The molecule has 2 aromatic carbocycles. The number of hydrogen-bond acceptors (Lipinski definition) is 5. The van der Waals surface area contributed by atoms with E-state index >= 15 is 0 Å². The van der Waals surface area contributed by atoms with Gasteiger partial charge in [0.25, 0.3) is 0 Å². The van der Waals surface area contributed by atoms with E-state index in [-0.39, 0.29) is 31.9 Å². The van der Waals surface area contributed by atoms with E-state index in [4.69, 9.17) is 9.47 Å². The number of alkyl carbamates (subject to hydrolysis) is 1. The second kappa shape index (κ2) is 11.9. The zero-order chi connectivity index (χ0) is 23.6. The molecule has 0 aliphatic carbocycles. The minimum absolute atomic E-state index is 0.0535. The van der Waals surface area contributed by atoms with Gasteiger partial charge >= 0.3 is 12.1 Å². The standard InChI is InChI=1S/C25H32N2O5/c1-18-5-7-20(8-6-18)16-27-22(28)15-19-9-11-21(12-10-19)17-31-23(29)13-14-26-24(30)32-25(2,3)4/h5-12H,13-17H2,1-4H3,(H,26,30)(H,27,28). The second-order valence-electron chi connectivity index (χ2n) is 8.59. The lowest BCUT2D eigenvalue weighted by molar-refractivity contribution is -0.144. The molecule has 0 spiro atoms. The third kappa shape index (κ3) is 10.1. The fourth-order valence-electron chi connectivity index (χ4n) is 2.72. The summed E-state index contributed by atoms with van der Waals surface area (Å²) in [5, 5.41) is 5.43. The maximum Gasteiger partial charge on any atom is 0.407 e. The molecule has 2 N–H and O–H groups in total. The van der Waals surface area contributed by atoms with E-state index in [9.17, 15) is 14.4 Å². The molecule has 7 heteroatoms. The van der Waals surface area contributed by atoms with Crippen molar-refractivity contribution in [1.29, 1.82) is 0 Å². The zero-order valence-corrected chi connectivity index (χ0v) is 19.2. The number of carbonyl (C=O) groups excluding carboxylic acids is 3. The highest BCUT2D eigenvalue weighted by atomic mass is 16.6. The number of hydrogen-bond donors (Lipinski definition) is 2. The first-order chi connectivity index (χ1) is 15.1. The number of carbonyl (C=O) groups is 3. The average molecular weight is 441 g/mol. The summed E-state index contributed by atoms with van der Waals surface area (Å²) in [6.45, 7) is 8.10. The third-order valence-electron chi connectivity index (χ3n) is 4.40. The van der Waals surface area contributed by atoms with E-state index in [1.54, 1.807) is 20.8 Å². The lowest BCUT2D eigenvalue weighted by Crippen LogP contribution is -2.33. The van der Waals surface area contributed by atoms with Gasteiger partial charge in [0.05, 0.1) is 12.8 Å². The molecule has 0 fully saturated rings.